The summed E-state index contributed by atoms with van der Waals surface area (Å²) in [5.74, 6) is 0.948. The first kappa shape index (κ1) is 16.1. The average Bonchev–Trinajstić information content (AvgIpc) is 3.22. The van der Waals surface area contributed by atoms with E-state index in [-0.39, 0.29) is 0 Å². The van der Waals surface area contributed by atoms with Crippen molar-refractivity contribution >= 4 is 51.1 Å². The Bertz CT molecular complexity index is 804. The van der Waals surface area contributed by atoms with Gasteiger partial charge in [-0.1, -0.05) is 35.1 Å². The molecule has 0 bridgehead atoms. The molecular weight excluding hydrogens is 372 g/mol. The van der Waals surface area contributed by atoms with Gasteiger partial charge in [-0.05, 0) is 48.4 Å². The first-order chi connectivity index (χ1) is 12.3. The number of thioether (sulfide) groups is 2. The molecular formula is C18H19ClN4S2. The largest absolute Gasteiger partial charge is 0.347 e. The van der Waals surface area contributed by atoms with Gasteiger partial charge < -0.3 is 9.80 Å². The molecule has 25 heavy (non-hydrogen) atoms. The van der Waals surface area contributed by atoms with Gasteiger partial charge in [-0.3, -0.25) is 4.99 Å². The average molecular weight is 391 g/mol. The maximum absolute atomic E-state index is 6.16. The molecule has 130 valence electrons. The van der Waals surface area contributed by atoms with E-state index in [0.717, 1.165) is 34.7 Å². The van der Waals surface area contributed by atoms with Crippen molar-refractivity contribution in [2.45, 2.75) is 31.8 Å². The van der Waals surface area contributed by atoms with Gasteiger partial charge in [0.1, 0.15) is 0 Å². The van der Waals surface area contributed by atoms with Crippen molar-refractivity contribution in [3.05, 3.63) is 39.9 Å². The minimum Gasteiger partial charge on any atom is -0.347 e. The van der Waals surface area contributed by atoms with Crippen LogP contribution in [0, 0.1) is 0 Å². The minimum absolute atomic E-state index is 0.657. The molecule has 0 aromatic heterocycles. The van der Waals surface area contributed by atoms with E-state index in [4.69, 9.17) is 21.6 Å². The van der Waals surface area contributed by atoms with Crippen molar-refractivity contribution in [2.75, 3.05) is 18.8 Å². The molecule has 7 heteroatoms. The quantitative estimate of drug-likeness (QED) is 0.733. The van der Waals surface area contributed by atoms with Crippen LogP contribution in [0.4, 0.5) is 5.69 Å². The van der Waals surface area contributed by atoms with E-state index in [0.29, 0.717) is 6.04 Å². The fraction of sp³-hybridized carbons (Fsp3) is 0.444. The first-order valence-electron chi connectivity index (χ1n) is 8.72. The van der Waals surface area contributed by atoms with Crippen LogP contribution in [0.1, 0.15) is 24.8 Å². The second kappa shape index (κ2) is 6.56. The van der Waals surface area contributed by atoms with Gasteiger partial charge in [0, 0.05) is 23.0 Å². The molecule has 0 aliphatic carbocycles. The lowest BCUT2D eigenvalue weighted by Gasteiger charge is -2.32. The summed E-state index contributed by atoms with van der Waals surface area (Å²) in [6.07, 6.45) is 3.95. The van der Waals surface area contributed by atoms with Gasteiger partial charge in [0.05, 0.1) is 24.8 Å². The van der Waals surface area contributed by atoms with Gasteiger partial charge in [-0.2, -0.15) is 0 Å². The van der Waals surface area contributed by atoms with E-state index >= 15 is 0 Å². The van der Waals surface area contributed by atoms with Crippen LogP contribution in [0.5, 0.6) is 0 Å². The Balaban J connectivity index is 1.28. The molecule has 1 atom stereocenters. The zero-order chi connectivity index (χ0) is 16.8. The SMILES string of the molecule is Clc1ccc2c(c1)CN1C(CSC3=NCC4CCCCN34)=CSC1=N2. The van der Waals surface area contributed by atoms with Crippen molar-refractivity contribution in [3.8, 4) is 0 Å². The summed E-state index contributed by atoms with van der Waals surface area (Å²) in [7, 11) is 0. The zero-order valence-electron chi connectivity index (χ0n) is 13.8. The Kier molecular flexibility index (Phi) is 4.22. The topological polar surface area (TPSA) is 31.2 Å². The highest BCUT2D eigenvalue weighted by molar-refractivity contribution is 8.17. The highest BCUT2D eigenvalue weighted by atomic mass is 35.5. The van der Waals surface area contributed by atoms with Crippen molar-refractivity contribution in [1.29, 1.82) is 0 Å². The van der Waals surface area contributed by atoms with Crippen molar-refractivity contribution in [3.63, 3.8) is 0 Å². The Labute approximate surface area is 161 Å². The molecule has 4 aliphatic rings. The van der Waals surface area contributed by atoms with Crippen molar-refractivity contribution in [2.24, 2.45) is 9.98 Å². The second-order valence-electron chi connectivity index (χ2n) is 6.74. The highest BCUT2D eigenvalue weighted by Crippen LogP contribution is 2.39. The van der Waals surface area contributed by atoms with E-state index in [9.17, 15) is 0 Å². The van der Waals surface area contributed by atoms with Gasteiger partial charge >= 0.3 is 0 Å². The molecule has 1 unspecified atom stereocenters. The van der Waals surface area contributed by atoms with Gasteiger partial charge in [-0.15, -0.1) is 0 Å². The third-order valence-corrected chi connectivity index (χ3v) is 7.33. The van der Waals surface area contributed by atoms with Crippen LogP contribution >= 0.6 is 35.1 Å². The molecule has 5 rings (SSSR count). The molecule has 4 heterocycles. The molecule has 0 spiro atoms. The summed E-state index contributed by atoms with van der Waals surface area (Å²) in [6, 6.07) is 6.62. The molecule has 0 saturated carbocycles. The Morgan fingerprint density at radius 3 is 3.24 bits per heavy atom. The van der Waals surface area contributed by atoms with E-state index in [1.807, 2.05) is 30.0 Å². The molecule has 1 fully saturated rings. The Morgan fingerprint density at radius 2 is 2.28 bits per heavy atom. The maximum Gasteiger partial charge on any atom is 0.173 e. The number of hydrogen-bond donors (Lipinski definition) is 0. The maximum atomic E-state index is 6.16. The van der Waals surface area contributed by atoms with Gasteiger partial charge in [-0.25, -0.2) is 4.99 Å². The van der Waals surface area contributed by atoms with E-state index in [1.54, 1.807) is 11.8 Å². The van der Waals surface area contributed by atoms with E-state index in [2.05, 4.69) is 15.2 Å². The van der Waals surface area contributed by atoms with E-state index < -0.39 is 0 Å². The normalized spacial score (nSPS) is 24.4. The number of piperidine rings is 1. The number of nitrogens with zero attached hydrogens (tertiary/aromatic N) is 4. The van der Waals surface area contributed by atoms with E-state index in [1.165, 1.54) is 42.2 Å². The number of fused-ring (bicyclic) bond motifs is 3. The second-order valence-corrected chi connectivity index (χ2v) is 8.95. The number of aliphatic imine (C=N–C) groups is 2. The molecule has 1 saturated heterocycles. The number of hydrogen-bond acceptors (Lipinski definition) is 6. The van der Waals surface area contributed by atoms with Gasteiger partial charge in [0.15, 0.2) is 10.3 Å². The fourth-order valence-corrected chi connectivity index (χ4v) is 6.09. The standard InChI is InChI=1S/C18H19ClN4S2/c19-13-4-5-16-12(7-13)9-23-15(11-25-18(23)21-16)10-24-17-20-8-14-3-1-2-6-22(14)17/h4-5,7,11,14H,1-3,6,8-10H2. The van der Waals surface area contributed by atoms with Gasteiger partial charge in [0.25, 0.3) is 0 Å². The summed E-state index contributed by atoms with van der Waals surface area (Å²) in [5, 5.41) is 5.33. The Hall–Kier alpha value is -1.11. The summed E-state index contributed by atoms with van der Waals surface area (Å²) >= 11 is 9.76. The lowest BCUT2D eigenvalue weighted by molar-refractivity contribution is 0.272. The van der Waals surface area contributed by atoms with Crippen LogP contribution < -0.4 is 0 Å². The van der Waals surface area contributed by atoms with Crippen LogP contribution in [0.15, 0.2) is 39.3 Å². The molecule has 0 amide bonds. The number of halogens is 1. The third-order valence-electron chi connectivity index (χ3n) is 5.12. The Morgan fingerprint density at radius 1 is 1.32 bits per heavy atom. The van der Waals surface area contributed by atoms with Crippen LogP contribution in [-0.4, -0.2) is 45.0 Å². The summed E-state index contributed by atoms with van der Waals surface area (Å²) < 4.78 is 0. The fourth-order valence-electron chi connectivity index (χ4n) is 3.79. The predicted molar refractivity (Wildman–Crippen MR) is 109 cm³/mol. The van der Waals surface area contributed by atoms with Crippen molar-refractivity contribution < 1.29 is 0 Å². The molecule has 1 aromatic carbocycles. The predicted octanol–water partition coefficient (Wildman–Crippen LogP) is 4.69. The van der Waals surface area contributed by atoms with Crippen LogP contribution in [0.25, 0.3) is 0 Å². The molecule has 0 radical (unpaired) electrons. The molecule has 4 nitrogen and oxygen atoms in total. The summed E-state index contributed by atoms with van der Waals surface area (Å²) in [6.45, 7) is 3.01. The highest BCUT2D eigenvalue weighted by Gasteiger charge is 2.32. The van der Waals surface area contributed by atoms with Crippen LogP contribution in [0.2, 0.25) is 5.02 Å². The number of benzene rings is 1. The summed E-state index contributed by atoms with van der Waals surface area (Å²) in [4.78, 5) is 14.4. The lowest BCUT2D eigenvalue weighted by Crippen LogP contribution is -2.39. The summed E-state index contributed by atoms with van der Waals surface area (Å²) in [5.41, 5.74) is 3.56. The van der Waals surface area contributed by atoms with Crippen molar-refractivity contribution in [1.82, 2.24) is 9.80 Å². The van der Waals surface area contributed by atoms with Gasteiger partial charge in [0.2, 0.25) is 0 Å². The first-order valence-corrected chi connectivity index (χ1v) is 11.0. The monoisotopic (exact) mass is 390 g/mol. The smallest absolute Gasteiger partial charge is 0.173 e. The lowest BCUT2D eigenvalue weighted by atomic mass is 10.0. The van der Waals surface area contributed by atoms with Crippen LogP contribution in [-0.2, 0) is 6.54 Å². The third kappa shape index (κ3) is 2.98. The zero-order valence-corrected chi connectivity index (χ0v) is 16.2. The number of amidine groups is 2. The molecule has 0 N–H and O–H groups in total. The molecule has 1 aromatic rings. The minimum atomic E-state index is 0.657. The number of rotatable bonds is 2. The van der Waals surface area contributed by atoms with Crippen LogP contribution in [0.3, 0.4) is 0 Å². The molecule has 4 aliphatic heterocycles.